The van der Waals surface area contributed by atoms with Gasteiger partial charge in [0.1, 0.15) is 0 Å². The van der Waals surface area contributed by atoms with Gasteiger partial charge in [0, 0.05) is 32.8 Å². The molecule has 0 saturated carbocycles. The van der Waals surface area contributed by atoms with Crippen LogP contribution in [0.4, 0.5) is 0 Å². The normalized spacial score (nSPS) is 11.8. The molecule has 5 aromatic carbocycles. The molecule has 0 radical (unpaired) electrons. The van der Waals surface area contributed by atoms with Crippen molar-refractivity contribution in [2.45, 2.75) is 0 Å². The number of para-hydroxylation sites is 3. The first kappa shape index (κ1) is 23.0. The second-order valence-electron chi connectivity index (χ2n) is 10.7. The van der Waals surface area contributed by atoms with E-state index < -0.39 is 0 Å². The highest BCUT2D eigenvalue weighted by molar-refractivity contribution is 6.23. The lowest BCUT2D eigenvalue weighted by Crippen LogP contribution is -1.99. The van der Waals surface area contributed by atoms with Gasteiger partial charge in [-0.3, -0.25) is 4.98 Å². The van der Waals surface area contributed by atoms with Crippen molar-refractivity contribution in [3.63, 3.8) is 0 Å². The Morgan fingerprint density at radius 3 is 1.67 bits per heavy atom. The van der Waals surface area contributed by atoms with Crippen LogP contribution in [0.25, 0.3) is 77.3 Å². The molecule has 0 spiro atoms. The molecular weight excluding hydrogens is 512 g/mol. The first-order valence-electron chi connectivity index (χ1n) is 14.2. The number of rotatable bonds is 3. The van der Waals surface area contributed by atoms with Gasteiger partial charge in [0.05, 0.1) is 50.7 Å². The molecular formula is C38H24N4. The van der Waals surface area contributed by atoms with Crippen molar-refractivity contribution in [1.82, 2.24) is 19.1 Å². The zero-order valence-corrected chi connectivity index (χ0v) is 22.6. The van der Waals surface area contributed by atoms with E-state index in [0.29, 0.717) is 0 Å². The minimum absolute atomic E-state index is 0.871. The van der Waals surface area contributed by atoms with Crippen molar-refractivity contribution >= 4 is 54.6 Å². The van der Waals surface area contributed by atoms with Crippen molar-refractivity contribution in [2.24, 2.45) is 0 Å². The summed E-state index contributed by atoms with van der Waals surface area (Å²) in [5.74, 6) is 0. The topological polar surface area (TPSA) is 35.6 Å². The van der Waals surface area contributed by atoms with Gasteiger partial charge in [-0.2, -0.15) is 0 Å². The summed E-state index contributed by atoms with van der Waals surface area (Å²) < 4.78 is 4.78. The highest BCUT2D eigenvalue weighted by Gasteiger charge is 2.21. The Balaban J connectivity index is 1.43. The smallest absolute Gasteiger partial charge is 0.0915 e. The van der Waals surface area contributed by atoms with Crippen molar-refractivity contribution in [3.05, 3.63) is 146 Å². The number of fused-ring (bicyclic) bond motifs is 8. The molecule has 0 saturated heterocycles. The van der Waals surface area contributed by atoms with Crippen molar-refractivity contribution in [2.75, 3.05) is 0 Å². The quantitative estimate of drug-likeness (QED) is 0.225. The minimum Gasteiger partial charge on any atom is -0.307 e. The Kier molecular flexibility index (Phi) is 4.87. The number of benzene rings is 5. The number of aromatic nitrogens is 4. The Labute approximate surface area is 241 Å². The highest BCUT2D eigenvalue weighted by Crippen LogP contribution is 2.41. The van der Waals surface area contributed by atoms with Gasteiger partial charge in [-0.15, -0.1) is 0 Å². The molecule has 9 rings (SSSR count). The molecule has 4 aromatic heterocycles. The molecule has 0 N–H and O–H groups in total. The molecule has 0 amide bonds. The monoisotopic (exact) mass is 536 g/mol. The standard InChI is InChI=1S/C38H24N4/c1-3-11-25(12-4-1)32-21-22-33-34(40-32)23-27(24-39-33)42-36-18-10-8-16-29(36)31-20-19-30-28-15-7-9-17-35(28)41(37(30)38(31)42)26-13-5-2-6-14-26/h1-24H. The van der Waals surface area contributed by atoms with Gasteiger partial charge in [0.2, 0.25) is 0 Å². The van der Waals surface area contributed by atoms with Crippen molar-refractivity contribution in [1.29, 1.82) is 0 Å². The fourth-order valence-electron chi connectivity index (χ4n) is 6.50. The summed E-state index contributed by atoms with van der Waals surface area (Å²) in [6.45, 7) is 0. The average molecular weight is 537 g/mol. The third-order valence-electron chi connectivity index (χ3n) is 8.33. The summed E-state index contributed by atoms with van der Waals surface area (Å²) in [5.41, 5.74) is 10.6. The second kappa shape index (κ2) is 8.88. The SMILES string of the molecule is c1ccc(-c2ccc3ncc(-n4c5ccccc5c5ccc6c7ccccc7n(-c7ccccc7)c6c54)cc3n2)cc1. The van der Waals surface area contributed by atoms with E-state index in [1.54, 1.807) is 0 Å². The van der Waals surface area contributed by atoms with E-state index in [-0.39, 0.29) is 0 Å². The molecule has 0 aliphatic heterocycles. The maximum atomic E-state index is 5.06. The first-order valence-corrected chi connectivity index (χ1v) is 14.2. The third-order valence-corrected chi connectivity index (χ3v) is 8.33. The van der Waals surface area contributed by atoms with Crippen LogP contribution in [0.15, 0.2) is 146 Å². The largest absolute Gasteiger partial charge is 0.307 e. The van der Waals surface area contributed by atoms with Gasteiger partial charge in [-0.25, -0.2) is 4.98 Å². The molecule has 4 heterocycles. The predicted molar refractivity (Wildman–Crippen MR) is 174 cm³/mol. The zero-order chi connectivity index (χ0) is 27.6. The molecule has 0 bridgehead atoms. The Hall–Kier alpha value is -5.74. The van der Waals surface area contributed by atoms with E-state index in [1.807, 2.05) is 30.5 Å². The number of nitrogens with zero attached hydrogens (tertiary/aromatic N) is 4. The maximum Gasteiger partial charge on any atom is 0.0915 e. The van der Waals surface area contributed by atoms with E-state index in [1.165, 1.54) is 32.6 Å². The summed E-state index contributed by atoms with van der Waals surface area (Å²) in [7, 11) is 0. The Morgan fingerprint density at radius 1 is 0.429 bits per heavy atom. The van der Waals surface area contributed by atoms with Gasteiger partial charge in [-0.1, -0.05) is 97.1 Å². The average Bonchev–Trinajstić information content (AvgIpc) is 3.58. The lowest BCUT2D eigenvalue weighted by atomic mass is 10.1. The molecule has 4 nitrogen and oxygen atoms in total. The molecule has 0 fully saturated rings. The zero-order valence-electron chi connectivity index (χ0n) is 22.6. The lowest BCUT2D eigenvalue weighted by molar-refractivity contribution is 1.13. The summed E-state index contributed by atoms with van der Waals surface area (Å²) in [5, 5.41) is 4.89. The van der Waals surface area contributed by atoms with Crippen LogP contribution in [0.1, 0.15) is 0 Å². The molecule has 42 heavy (non-hydrogen) atoms. The van der Waals surface area contributed by atoms with Gasteiger partial charge >= 0.3 is 0 Å². The van der Waals surface area contributed by atoms with Gasteiger partial charge < -0.3 is 9.13 Å². The Morgan fingerprint density at radius 2 is 1.00 bits per heavy atom. The fourth-order valence-corrected chi connectivity index (χ4v) is 6.50. The molecule has 9 aromatic rings. The van der Waals surface area contributed by atoms with Crippen LogP contribution >= 0.6 is 0 Å². The molecule has 4 heteroatoms. The van der Waals surface area contributed by atoms with Gasteiger partial charge in [0.15, 0.2) is 0 Å². The summed E-state index contributed by atoms with van der Waals surface area (Å²) in [6.07, 6.45) is 1.98. The molecule has 0 unspecified atom stereocenters. The van der Waals surface area contributed by atoms with E-state index in [2.05, 4.69) is 124 Å². The minimum atomic E-state index is 0.871. The summed E-state index contributed by atoms with van der Waals surface area (Å²) >= 11 is 0. The highest BCUT2D eigenvalue weighted by atomic mass is 15.0. The van der Waals surface area contributed by atoms with Crippen LogP contribution in [0.5, 0.6) is 0 Å². The van der Waals surface area contributed by atoms with Crippen LogP contribution in [0, 0.1) is 0 Å². The van der Waals surface area contributed by atoms with Gasteiger partial charge in [-0.05, 0) is 42.5 Å². The number of hydrogen-bond acceptors (Lipinski definition) is 2. The molecule has 0 aliphatic rings. The first-order chi connectivity index (χ1) is 20.8. The van der Waals surface area contributed by atoms with Crippen LogP contribution in [-0.2, 0) is 0 Å². The van der Waals surface area contributed by atoms with Gasteiger partial charge in [0.25, 0.3) is 0 Å². The van der Waals surface area contributed by atoms with Crippen LogP contribution in [0.2, 0.25) is 0 Å². The van der Waals surface area contributed by atoms with Crippen LogP contribution in [0.3, 0.4) is 0 Å². The Bertz CT molecular complexity index is 2450. The fraction of sp³-hybridized carbons (Fsp3) is 0. The summed E-state index contributed by atoms with van der Waals surface area (Å²) in [4.78, 5) is 9.96. The molecule has 0 aliphatic carbocycles. The van der Waals surface area contributed by atoms with Crippen LogP contribution in [-0.4, -0.2) is 19.1 Å². The van der Waals surface area contributed by atoms with E-state index in [0.717, 1.165) is 44.7 Å². The number of pyridine rings is 2. The second-order valence-corrected chi connectivity index (χ2v) is 10.7. The van der Waals surface area contributed by atoms with Crippen molar-refractivity contribution < 1.29 is 0 Å². The third kappa shape index (κ3) is 3.29. The van der Waals surface area contributed by atoms with Crippen molar-refractivity contribution in [3.8, 4) is 22.6 Å². The van der Waals surface area contributed by atoms with E-state index >= 15 is 0 Å². The molecule has 0 atom stereocenters. The van der Waals surface area contributed by atoms with E-state index in [9.17, 15) is 0 Å². The van der Waals surface area contributed by atoms with E-state index in [4.69, 9.17) is 9.97 Å². The summed E-state index contributed by atoms with van der Waals surface area (Å²) in [6, 6.07) is 49.1. The maximum absolute atomic E-state index is 5.06. The van der Waals surface area contributed by atoms with Crippen LogP contribution < -0.4 is 0 Å². The number of hydrogen-bond donors (Lipinski definition) is 0. The molecule has 196 valence electrons. The lowest BCUT2D eigenvalue weighted by Gasteiger charge is -2.13. The predicted octanol–water partition coefficient (Wildman–Crippen LogP) is 9.49.